The molecule has 2 saturated heterocycles. The van der Waals surface area contributed by atoms with Gasteiger partial charge in [-0.05, 0) is 63.3 Å². The van der Waals surface area contributed by atoms with Crippen molar-refractivity contribution in [1.29, 1.82) is 0 Å². The van der Waals surface area contributed by atoms with E-state index in [9.17, 15) is 23.2 Å². The van der Waals surface area contributed by atoms with E-state index in [-0.39, 0.29) is 53.6 Å². The number of amides is 3. The lowest BCUT2D eigenvalue weighted by Crippen LogP contribution is -2.48. The van der Waals surface area contributed by atoms with Gasteiger partial charge >= 0.3 is 6.61 Å². The molecule has 2 N–H and O–H groups in total. The first-order valence-electron chi connectivity index (χ1n) is 15.9. The molecule has 0 spiro atoms. The minimum Gasteiger partial charge on any atom is -0.434 e. The average molecular weight is 684 g/mol. The molecule has 2 aromatic rings. The van der Waals surface area contributed by atoms with Gasteiger partial charge in [0, 0.05) is 67.8 Å². The number of benzene rings is 1. The summed E-state index contributed by atoms with van der Waals surface area (Å²) in [5, 5.41) is 9.13. The second kappa shape index (κ2) is 14.9. The molecule has 3 amide bonds. The van der Waals surface area contributed by atoms with Gasteiger partial charge in [-0.25, -0.2) is 10.4 Å². The third kappa shape index (κ3) is 7.55. The maximum atomic E-state index is 13.5. The topological polar surface area (TPSA) is 128 Å². The van der Waals surface area contributed by atoms with Gasteiger partial charge in [0.2, 0.25) is 11.8 Å². The smallest absolute Gasteiger partial charge is 0.387 e. The number of nitrogens with one attached hydrogen (secondary N) is 2. The van der Waals surface area contributed by atoms with Crippen LogP contribution in [0, 0.1) is 0 Å². The summed E-state index contributed by atoms with van der Waals surface area (Å²) in [4.78, 5) is 50.5. The van der Waals surface area contributed by atoms with Crippen LogP contribution in [0.5, 0.6) is 5.75 Å². The summed E-state index contributed by atoms with van der Waals surface area (Å²) in [6, 6.07) is 4.96. The van der Waals surface area contributed by atoms with Crippen LogP contribution in [0.25, 0.3) is 11.3 Å². The van der Waals surface area contributed by atoms with E-state index >= 15 is 0 Å². The molecule has 0 radical (unpaired) electrons. The first-order chi connectivity index (χ1) is 23.2. The SMILES string of the molecule is CSc1ccc(OC(F)F)c(-c2nn(CC(=O)N3CCC(N(C)CC(=O)N4CCCC4)CC3)cc2NC(=O)C2=C3N=CC=CN3NC2)c1. The van der Waals surface area contributed by atoms with Crippen molar-refractivity contribution in [1.82, 2.24) is 34.9 Å². The summed E-state index contributed by atoms with van der Waals surface area (Å²) in [5.74, 6) is -0.132. The lowest BCUT2D eigenvalue weighted by Gasteiger charge is -2.37. The van der Waals surface area contributed by atoms with E-state index in [0.29, 0.717) is 31.0 Å². The molecule has 256 valence electrons. The van der Waals surface area contributed by atoms with Crippen molar-refractivity contribution in [2.75, 3.05) is 57.9 Å². The number of hydrogen-bond acceptors (Lipinski definition) is 10. The zero-order valence-corrected chi connectivity index (χ0v) is 27.7. The molecule has 2 fully saturated rings. The van der Waals surface area contributed by atoms with Gasteiger partial charge in [-0.3, -0.25) is 29.0 Å². The normalized spacial score (nSPS) is 18.0. The number of fused-ring (bicyclic) bond motifs is 1. The Kier molecular flexibility index (Phi) is 10.4. The molecular formula is C32H39F2N9O4S. The van der Waals surface area contributed by atoms with Gasteiger partial charge in [0.25, 0.3) is 5.91 Å². The first kappa shape index (κ1) is 33.6. The number of likely N-dealkylation sites (N-methyl/N-ethyl adjacent to an activating group) is 1. The Morgan fingerprint density at radius 2 is 1.88 bits per heavy atom. The Balaban J connectivity index is 1.19. The number of allylic oxidation sites excluding steroid dienone is 1. The molecule has 13 nitrogen and oxygen atoms in total. The Hall–Kier alpha value is -4.28. The minimum absolute atomic E-state index is 0.109. The van der Waals surface area contributed by atoms with Crippen molar-refractivity contribution in [2.45, 2.75) is 49.8 Å². The van der Waals surface area contributed by atoms with Crippen molar-refractivity contribution < 1.29 is 27.9 Å². The van der Waals surface area contributed by atoms with Crippen LogP contribution < -0.4 is 15.5 Å². The molecule has 5 heterocycles. The predicted molar refractivity (Wildman–Crippen MR) is 177 cm³/mol. The molecule has 0 bridgehead atoms. The molecule has 0 atom stereocenters. The number of alkyl halides is 2. The molecule has 48 heavy (non-hydrogen) atoms. The Labute approximate surface area is 281 Å². The summed E-state index contributed by atoms with van der Waals surface area (Å²) >= 11 is 1.41. The van der Waals surface area contributed by atoms with Gasteiger partial charge in [-0.15, -0.1) is 11.8 Å². The molecule has 0 saturated carbocycles. The fraction of sp³-hybridized carbons (Fsp3) is 0.469. The van der Waals surface area contributed by atoms with Crippen molar-refractivity contribution in [3.63, 3.8) is 0 Å². The van der Waals surface area contributed by atoms with Gasteiger partial charge in [0.15, 0.2) is 5.82 Å². The molecule has 6 rings (SSSR count). The number of aliphatic imine (C=N–C) groups is 1. The second-order valence-electron chi connectivity index (χ2n) is 12.0. The highest BCUT2D eigenvalue weighted by molar-refractivity contribution is 7.98. The molecule has 0 aliphatic carbocycles. The maximum absolute atomic E-state index is 13.5. The van der Waals surface area contributed by atoms with Crippen LogP contribution in [0.4, 0.5) is 14.5 Å². The van der Waals surface area contributed by atoms with Crippen LogP contribution in [0.2, 0.25) is 0 Å². The van der Waals surface area contributed by atoms with Crippen molar-refractivity contribution in [3.8, 4) is 17.0 Å². The van der Waals surface area contributed by atoms with Crippen molar-refractivity contribution >= 4 is 41.4 Å². The average Bonchev–Trinajstić information content (AvgIpc) is 3.85. The van der Waals surface area contributed by atoms with E-state index in [2.05, 4.69) is 25.7 Å². The lowest BCUT2D eigenvalue weighted by molar-refractivity contribution is -0.135. The van der Waals surface area contributed by atoms with Gasteiger partial charge in [-0.1, -0.05) is 0 Å². The third-order valence-corrected chi connectivity index (χ3v) is 9.69. The summed E-state index contributed by atoms with van der Waals surface area (Å²) in [5.41, 5.74) is 4.11. The van der Waals surface area contributed by atoms with Crippen LogP contribution in [-0.4, -0.2) is 119 Å². The zero-order chi connectivity index (χ0) is 33.8. The molecular weight excluding hydrogens is 644 g/mol. The van der Waals surface area contributed by atoms with Crippen LogP contribution >= 0.6 is 11.8 Å². The lowest BCUT2D eigenvalue weighted by atomic mass is 10.0. The molecule has 1 aromatic carbocycles. The fourth-order valence-corrected chi connectivity index (χ4v) is 6.80. The van der Waals surface area contributed by atoms with Crippen LogP contribution in [-0.2, 0) is 20.9 Å². The van der Waals surface area contributed by atoms with E-state index in [1.165, 1.54) is 28.7 Å². The molecule has 4 aliphatic rings. The number of piperidine rings is 1. The highest BCUT2D eigenvalue weighted by atomic mass is 32.2. The summed E-state index contributed by atoms with van der Waals surface area (Å²) in [7, 11) is 1.96. The number of ether oxygens (including phenoxy) is 1. The summed E-state index contributed by atoms with van der Waals surface area (Å²) < 4.78 is 33.1. The monoisotopic (exact) mass is 683 g/mol. The number of rotatable bonds is 11. The van der Waals surface area contributed by atoms with E-state index < -0.39 is 12.5 Å². The highest BCUT2D eigenvalue weighted by Crippen LogP contribution is 2.38. The van der Waals surface area contributed by atoms with E-state index in [0.717, 1.165) is 43.7 Å². The maximum Gasteiger partial charge on any atom is 0.387 e. The van der Waals surface area contributed by atoms with Crippen LogP contribution in [0.1, 0.15) is 25.7 Å². The first-order valence-corrected chi connectivity index (χ1v) is 17.2. The fourth-order valence-electron chi connectivity index (χ4n) is 6.36. The molecule has 1 aromatic heterocycles. The number of likely N-dealkylation sites (tertiary alicyclic amines) is 2. The number of carbonyl (C=O) groups excluding carboxylic acids is 3. The largest absolute Gasteiger partial charge is 0.434 e. The molecule has 0 unspecified atom stereocenters. The van der Waals surface area contributed by atoms with Gasteiger partial charge in [-0.2, -0.15) is 13.9 Å². The standard InChI is InChI=1S/C32H39F2N9O4S/c1-39(19-27(44)40-11-3-4-12-40)21-8-14-41(15-9-21)28(45)20-42-18-25(37-31(46)24-17-36-43-13-5-10-35-30(24)43)29(38-42)23-16-22(48-2)6-7-26(23)47-32(33)34/h5-7,10,13,16,18,21,32,36H,3-4,8-9,11-12,14-15,17,19-20H2,1-2H3,(H,37,46). The number of hydrogen-bond donors (Lipinski definition) is 2. The van der Waals surface area contributed by atoms with Crippen LogP contribution in [0.3, 0.4) is 0 Å². The number of nitrogens with zero attached hydrogens (tertiary/aromatic N) is 7. The van der Waals surface area contributed by atoms with Gasteiger partial charge in [0.05, 0.1) is 17.8 Å². The Morgan fingerprint density at radius 1 is 1.12 bits per heavy atom. The van der Waals surface area contributed by atoms with Gasteiger partial charge in [0.1, 0.15) is 18.0 Å². The highest BCUT2D eigenvalue weighted by Gasteiger charge is 2.30. The molecule has 16 heteroatoms. The van der Waals surface area contributed by atoms with Crippen molar-refractivity contribution in [2.24, 2.45) is 4.99 Å². The zero-order valence-electron chi connectivity index (χ0n) is 26.9. The minimum atomic E-state index is -3.08. The van der Waals surface area contributed by atoms with E-state index in [1.54, 1.807) is 40.5 Å². The Bertz CT molecular complexity index is 1630. The van der Waals surface area contributed by atoms with E-state index in [1.807, 2.05) is 18.2 Å². The number of thioether (sulfide) groups is 1. The second-order valence-corrected chi connectivity index (χ2v) is 12.9. The summed E-state index contributed by atoms with van der Waals surface area (Å²) in [6.45, 7) is 0.0998. The summed E-state index contributed by atoms with van der Waals surface area (Å²) in [6.07, 6.45) is 12.0. The number of aromatic nitrogens is 2. The quantitative estimate of drug-likeness (QED) is 0.344. The number of halogens is 2. The predicted octanol–water partition coefficient (Wildman–Crippen LogP) is 2.99. The van der Waals surface area contributed by atoms with Crippen LogP contribution in [0.15, 0.2) is 58.0 Å². The van der Waals surface area contributed by atoms with Crippen molar-refractivity contribution in [3.05, 3.63) is 48.1 Å². The number of anilines is 1. The molecule has 4 aliphatic heterocycles. The number of hydrazine groups is 1. The third-order valence-electron chi connectivity index (χ3n) is 8.97. The number of carbonyl (C=O) groups is 3. The van der Waals surface area contributed by atoms with Gasteiger partial charge < -0.3 is 19.9 Å². The Morgan fingerprint density at radius 3 is 2.60 bits per heavy atom. The van der Waals surface area contributed by atoms with E-state index in [4.69, 9.17) is 4.74 Å².